The molecule has 0 radical (unpaired) electrons. The molecule has 0 saturated carbocycles. The molecule has 0 saturated heterocycles. The van der Waals surface area contributed by atoms with Gasteiger partial charge >= 0.3 is 0 Å². The van der Waals surface area contributed by atoms with E-state index in [1.54, 1.807) is 19.2 Å². The molecule has 124 valence electrons. The lowest BCUT2D eigenvalue weighted by Gasteiger charge is -2.22. The lowest BCUT2D eigenvalue weighted by atomic mass is 10.2. The Kier molecular flexibility index (Phi) is 6.38. The van der Waals surface area contributed by atoms with E-state index in [-0.39, 0.29) is 12.4 Å². The average Bonchev–Trinajstić information content (AvgIpc) is 2.56. The molecule has 2 aromatic carbocycles. The van der Waals surface area contributed by atoms with Crippen molar-refractivity contribution in [2.75, 3.05) is 32.2 Å². The summed E-state index contributed by atoms with van der Waals surface area (Å²) in [6.45, 7) is 1.08. The molecular formula is C18H22FNO3. The molecule has 0 amide bonds. The highest BCUT2D eigenvalue weighted by Crippen LogP contribution is 2.14. The number of aliphatic hydroxyl groups is 1. The van der Waals surface area contributed by atoms with Gasteiger partial charge in [0, 0.05) is 19.3 Å². The predicted molar refractivity (Wildman–Crippen MR) is 88.3 cm³/mol. The van der Waals surface area contributed by atoms with Crippen molar-refractivity contribution in [3.8, 4) is 5.75 Å². The zero-order valence-electron chi connectivity index (χ0n) is 13.4. The molecule has 23 heavy (non-hydrogen) atoms. The Morgan fingerprint density at radius 3 is 2.35 bits per heavy atom. The van der Waals surface area contributed by atoms with Crippen molar-refractivity contribution in [3.05, 3.63) is 59.9 Å². The molecule has 0 spiro atoms. The van der Waals surface area contributed by atoms with Crippen LogP contribution < -0.4 is 9.64 Å². The SMILES string of the molecule is COc1ccc(COC[C@@H](O)CN(C)c2ccc(F)cc2)cc1. The Hall–Kier alpha value is -2.11. The number of aliphatic hydroxyl groups excluding tert-OH is 1. The number of methoxy groups -OCH3 is 1. The first-order valence-electron chi connectivity index (χ1n) is 7.44. The summed E-state index contributed by atoms with van der Waals surface area (Å²) in [4.78, 5) is 1.86. The summed E-state index contributed by atoms with van der Waals surface area (Å²) in [7, 11) is 3.47. The summed E-state index contributed by atoms with van der Waals surface area (Å²) in [5.74, 6) is 0.528. The second kappa shape index (κ2) is 8.50. The minimum Gasteiger partial charge on any atom is -0.497 e. The summed E-state index contributed by atoms with van der Waals surface area (Å²) < 4.78 is 23.5. The molecule has 2 rings (SSSR count). The van der Waals surface area contributed by atoms with Crippen LogP contribution in [0.2, 0.25) is 0 Å². The van der Waals surface area contributed by atoms with Crippen molar-refractivity contribution in [1.82, 2.24) is 0 Å². The number of rotatable bonds is 8. The molecule has 0 aliphatic rings. The van der Waals surface area contributed by atoms with Gasteiger partial charge in [0.25, 0.3) is 0 Å². The molecule has 0 heterocycles. The number of benzene rings is 2. The molecule has 0 fully saturated rings. The van der Waals surface area contributed by atoms with Gasteiger partial charge in [-0.15, -0.1) is 0 Å². The monoisotopic (exact) mass is 319 g/mol. The lowest BCUT2D eigenvalue weighted by molar-refractivity contribution is 0.0324. The smallest absolute Gasteiger partial charge is 0.123 e. The minimum atomic E-state index is -0.622. The summed E-state index contributed by atoms with van der Waals surface area (Å²) in [5.41, 5.74) is 1.87. The standard InChI is InChI=1S/C18H22FNO3/c1-20(16-7-5-15(19)6-8-16)11-17(21)13-23-12-14-3-9-18(22-2)10-4-14/h3-10,17,21H,11-13H2,1-2H3/t17-/m0/s1. The first-order chi connectivity index (χ1) is 11.1. The van der Waals surface area contributed by atoms with E-state index in [1.165, 1.54) is 12.1 Å². The van der Waals surface area contributed by atoms with Gasteiger partial charge in [-0.3, -0.25) is 0 Å². The van der Waals surface area contributed by atoms with E-state index >= 15 is 0 Å². The van der Waals surface area contributed by atoms with Crippen LogP contribution >= 0.6 is 0 Å². The Bertz CT molecular complexity index is 586. The van der Waals surface area contributed by atoms with E-state index in [1.807, 2.05) is 36.2 Å². The van der Waals surface area contributed by atoms with Crippen molar-refractivity contribution in [1.29, 1.82) is 0 Å². The average molecular weight is 319 g/mol. The van der Waals surface area contributed by atoms with E-state index in [0.717, 1.165) is 17.0 Å². The highest BCUT2D eigenvalue weighted by molar-refractivity contribution is 5.45. The van der Waals surface area contributed by atoms with E-state index in [9.17, 15) is 9.50 Å². The number of nitrogens with zero attached hydrogens (tertiary/aromatic N) is 1. The number of anilines is 1. The van der Waals surface area contributed by atoms with Crippen molar-refractivity contribution < 1.29 is 19.0 Å². The molecule has 0 aliphatic heterocycles. The van der Waals surface area contributed by atoms with Gasteiger partial charge in [-0.1, -0.05) is 12.1 Å². The first kappa shape index (κ1) is 17.2. The van der Waals surface area contributed by atoms with Crippen LogP contribution in [0.4, 0.5) is 10.1 Å². The number of hydrogen-bond donors (Lipinski definition) is 1. The van der Waals surface area contributed by atoms with Gasteiger partial charge in [-0.2, -0.15) is 0 Å². The van der Waals surface area contributed by atoms with Gasteiger partial charge in [0.15, 0.2) is 0 Å². The molecule has 1 N–H and O–H groups in total. The normalized spacial score (nSPS) is 12.0. The maximum absolute atomic E-state index is 12.9. The molecule has 4 nitrogen and oxygen atoms in total. The fraction of sp³-hybridized carbons (Fsp3) is 0.333. The first-order valence-corrected chi connectivity index (χ1v) is 7.44. The Labute approximate surface area is 136 Å². The van der Waals surface area contributed by atoms with E-state index < -0.39 is 6.10 Å². The van der Waals surface area contributed by atoms with Crippen LogP contribution in [-0.4, -0.2) is 38.5 Å². The molecule has 0 aliphatic carbocycles. The highest BCUT2D eigenvalue weighted by atomic mass is 19.1. The van der Waals surface area contributed by atoms with Crippen LogP contribution in [0.25, 0.3) is 0 Å². The van der Waals surface area contributed by atoms with Crippen LogP contribution in [0.15, 0.2) is 48.5 Å². The van der Waals surface area contributed by atoms with Gasteiger partial charge in [-0.25, -0.2) is 4.39 Å². The Morgan fingerprint density at radius 1 is 1.09 bits per heavy atom. The second-order valence-corrected chi connectivity index (χ2v) is 5.37. The van der Waals surface area contributed by atoms with Gasteiger partial charge in [0.1, 0.15) is 11.6 Å². The molecule has 0 bridgehead atoms. The van der Waals surface area contributed by atoms with Gasteiger partial charge in [0.05, 0.1) is 26.4 Å². The Morgan fingerprint density at radius 2 is 1.74 bits per heavy atom. The van der Waals surface area contributed by atoms with Crippen molar-refractivity contribution >= 4 is 5.69 Å². The number of likely N-dealkylation sites (N-methyl/N-ethyl adjacent to an activating group) is 1. The van der Waals surface area contributed by atoms with Crippen LogP contribution in [0, 0.1) is 5.82 Å². The zero-order valence-corrected chi connectivity index (χ0v) is 13.4. The highest BCUT2D eigenvalue weighted by Gasteiger charge is 2.09. The van der Waals surface area contributed by atoms with Gasteiger partial charge < -0.3 is 19.5 Å². The molecule has 0 aromatic heterocycles. The Balaban J connectivity index is 1.73. The summed E-state index contributed by atoms with van der Waals surface area (Å²) in [6.07, 6.45) is -0.622. The second-order valence-electron chi connectivity index (χ2n) is 5.37. The molecule has 0 unspecified atom stereocenters. The van der Waals surface area contributed by atoms with E-state index in [0.29, 0.717) is 13.2 Å². The minimum absolute atomic E-state index is 0.234. The third-order valence-electron chi connectivity index (χ3n) is 3.49. The van der Waals surface area contributed by atoms with Crippen molar-refractivity contribution in [2.45, 2.75) is 12.7 Å². The number of hydrogen-bond acceptors (Lipinski definition) is 4. The zero-order chi connectivity index (χ0) is 16.7. The maximum atomic E-state index is 12.9. The van der Waals surface area contributed by atoms with Crippen LogP contribution in [0.3, 0.4) is 0 Å². The van der Waals surface area contributed by atoms with E-state index in [4.69, 9.17) is 9.47 Å². The van der Waals surface area contributed by atoms with Crippen LogP contribution in [0.1, 0.15) is 5.56 Å². The van der Waals surface area contributed by atoms with Crippen LogP contribution in [-0.2, 0) is 11.3 Å². The molecular weight excluding hydrogens is 297 g/mol. The fourth-order valence-corrected chi connectivity index (χ4v) is 2.20. The number of halogens is 1. The maximum Gasteiger partial charge on any atom is 0.123 e. The molecule has 5 heteroatoms. The topological polar surface area (TPSA) is 41.9 Å². The molecule has 1 atom stereocenters. The van der Waals surface area contributed by atoms with Crippen molar-refractivity contribution in [2.24, 2.45) is 0 Å². The lowest BCUT2D eigenvalue weighted by Crippen LogP contribution is -2.32. The van der Waals surface area contributed by atoms with Crippen molar-refractivity contribution in [3.63, 3.8) is 0 Å². The fourth-order valence-electron chi connectivity index (χ4n) is 2.20. The van der Waals surface area contributed by atoms with Gasteiger partial charge in [0.2, 0.25) is 0 Å². The summed E-state index contributed by atoms with van der Waals surface area (Å²) >= 11 is 0. The summed E-state index contributed by atoms with van der Waals surface area (Å²) in [5, 5.41) is 10.0. The molecule has 2 aromatic rings. The third kappa shape index (κ3) is 5.54. The summed E-state index contributed by atoms with van der Waals surface area (Å²) in [6, 6.07) is 13.8. The third-order valence-corrected chi connectivity index (χ3v) is 3.49. The van der Waals surface area contributed by atoms with Gasteiger partial charge in [-0.05, 0) is 42.0 Å². The number of ether oxygens (including phenoxy) is 2. The van der Waals surface area contributed by atoms with E-state index in [2.05, 4.69) is 0 Å². The predicted octanol–water partition coefficient (Wildman–Crippen LogP) is 2.85. The van der Waals surface area contributed by atoms with Crippen LogP contribution in [0.5, 0.6) is 5.75 Å². The quantitative estimate of drug-likeness (QED) is 0.812. The largest absolute Gasteiger partial charge is 0.497 e.